The highest BCUT2D eigenvalue weighted by atomic mass is 127. The monoisotopic (exact) mass is 708 g/mol. The van der Waals surface area contributed by atoms with E-state index in [1.54, 1.807) is 30.3 Å². The summed E-state index contributed by atoms with van der Waals surface area (Å²) >= 11 is 2.96. The van der Waals surface area contributed by atoms with Crippen molar-refractivity contribution < 1.29 is 33.3 Å². The zero-order chi connectivity index (χ0) is 29.9. The summed E-state index contributed by atoms with van der Waals surface area (Å²) in [5.41, 5.74) is 2.19. The molecular formula is C32H25IN2O7S. The predicted molar refractivity (Wildman–Crippen MR) is 172 cm³/mol. The molecule has 4 aromatic carbocycles. The number of amides is 3. The van der Waals surface area contributed by atoms with Crippen LogP contribution in [0.5, 0.6) is 23.0 Å². The minimum Gasteiger partial charge on any atom is -0.490 e. The number of carbonyl (C=O) groups is 3. The number of ether oxygens (including phenoxy) is 4. The minimum atomic E-state index is -0.542. The minimum absolute atomic E-state index is 0.113. The molecule has 1 fully saturated rings. The predicted octanol–water partition coefficient (Wildman–Crippen LogP) is 6.83. The van der Waals surface area contributed by atoms with Gasteiger partial charge in [-0.2, -0.15) is 0 Å². The molecule has 2 aliphatic rings. The molecule has 0 spiro atoms. The van der Waals surface area contributed by atoms with E-state index in [0.717, 1.165) is 36.6 Å². The summed E-state index contributed by atoms with van der Waals surface area (Å²) < 4.78 is 23.6. The van der Waals surface area contributed by atoms with Crippen LogP contribution in [0.15, 0.2) is 77.7 Å². The summed E-state index contributed by atoms with van der Waals surface area (Å²) in [6, 6.07) is 22.9. The molecule has 0 unspecified atom stereocenters. The van der Waals surface area contributed by atoms with Gasteiger partial charge in [-0.05, 0) is 93.5 Å². The number of nitrogens with one attached hydrogen (secondary N) is 1. The topological polar surface area (TPSA) is 103 Å². The Morgan fingerprint density at radius 1 is 1.02 bits per heavy atom. The second-order valence-electron chi connectivity index (χ2n) is 9.57. The number of hydrogen-bond acceptors (Lipinski definition) is 8. The van der Waals surface area contributed by atoms with E-state index in [2.05, 4.69) is 46.1 Å². The molecule has 0 aliphatic carbocycles. The molecule has 0 aromatic heterocycles. The van der Waals surface area contributed by atoms with Crippen LogP contribution < -0.4 is 24.3 Å². The van der Waals surface area contributed by atoms with E-state index < -0.39 is 23.6 Å². The normalized spacial score (nSPS) is 14.9. The van der Waals surface area contributed by atoms with Gasteiger partial charge in [0.2, 0.25) is 12.7 Å². The average Bonchev–Trinajstić information content (AvgIpc) is 3.56. The van der Waals surface area contributed by atoms with E-state index in [9.17, 15) is 14.4 Å². The van der Waals surface area contributed by atoms with Gasteiger partial charge in [-0.25, -0.2) is 0 Å². The number of hydrogen-bond donors (Lipinski definition) is 1. The third-order valence-corrected chi connectivity index (χ3v) is 8.42. The van der Waals surface area contributed by atoms with Crippen LogP contribution in [0, 0.1) is 3.57 Å². The fraction of sp³-hybridized carbons (Fsp3) is 0.156. The Bertz CT molecular complexity index is 1790. The van der Waals surface area contributed by atoms with Gasteiger partial charge in [-0.15, -0.1) is 0 Å². The lowest BCUT2D eigenvalue weighted by Crippen LogP contribution is -2.36. The van der Waals surface area contributed by atoms with Crippen LogP contribution in [0.3, 0.4) is 0 Å². The molecule has 11 heteroatoms. The Morgan fingerprint density at radius 2 is 1.84 bits per heavy atom. The molecule has 6 rings (SSSR count). The Hall–Kier alpha value is -4.23. The maximum atomic E-state index is 13.1. The van der Waals surface area contributed by atoms with Gasteiger partial charge in [0.1, 0.15) is 13.2 Å². The second kappa shape index (κ2) is 12.6. The van der Waals surface area contributed by atoms with Crippen LogP contribution in [0.1, 0.15) is 18.1 Å². The van der Waals surface area contributed by atoms with Gasteiger partial charge in [-0.3, -0.25) is 19.3 Å². The van der Waals surface area contributed by atoms with E-state index in [1.807, 2.05) is 37.3 Å². The van der Waals surface area contributed by atoms with Crippen molar-refractivity contribution in [1.29, 1.82) is 0 Å². The molecule has 4 aromatic rings. The van der Waals surface area contributed by atoms with Crippen LogP contribution in [0.25, 0.3) is 16.8 Å². The van der Waals surface area contributed by atoms with Crippen LogP contribution in [-0.4, -0.2) is 41.9 Å². The zero-order valence-electron chi connectivity index (χ0n) is 22.9. The van der Waals surface area contributed by atoms with Gasteiger partial charge in [0, 0.05) is 11.8 Å². The summed E-state index contributed by atoms with van der Waals surface area (Å²) in [6.07, 6.45) is 1.62. The zero-order valence-corrected chi connectivity index (χ0v) is 25.9. The number of rotatable bonds is 9. The van der Waals surface area contributed by atoms with Gasteiger partial charge < -0.3 is 24.3 Å². The smallest absolute Gasteiger partial charge is 0.294 e. The van der Waals surface area contributed by atoms with E-state index in [0.29, 0.717) is 47.5 Å². The van der Waals surface area contributed by atoms with Gasteiger partial charge >= 0.3 is 0 Å². The Kier molecular flexibility index (Phi) is 8.43. The molecule has 0 saturated carbocycles. The number of halogens is 1. The lowest BCUT2D eigenvalue weighted by atomic mass is 10.1. The van der Waals surface area contributed by atoms with Gasteiger partial charge in [0.25, 0.3) is 11.1 Å². The molecule has 9 nitrogen and oxygen atoms in total. The standard InChI is InChI=1S/C32H25IN2O7S/c1-2-39-27-13-19(12-24(33)30(27)40-17-21-8-5-7-20-6-3-4-9-23(20)21)14-28-31(37)35(32(38)43-28)16-29(36)34-22-10-11-25-26(15-22)42-18-41-25/h3-15H,2,16-18H2,1H3,(H,34,36)/b28-14+. The van der Waals surface area contributed by atoms with Crippen LogP contribution >= 0.6 is 34.4 Å². The van der Waals surface area contributed by atoms with Gasteiger partial charge in [0.05, 0.1) is 15.1 Å². The quantitative estimate of drug-likeness (QED) is 0.149. The largest absolute Gasteiger partial charge is 0.490 e. The molecule has 43 heavy (non-hydrogen) atoms. The first-order valence-corrected chi connectivity index (χ1v) is 15.3. The molecule has 0 radical (unpaired) electrons. The SMILES string of the molecule is CCOc1cc(/C=C2/SC(=O)N(CC(=O)Nc3ccc4c(c3)OCO4)C2=O)cc(I)c1OCc1cccc2ccccc12. The highest BCUT2D eigenvalue weighted by Gasteiger charge is 2.36. The number of carbonyl (C=O) groups excluding carboxylic acids is 3. The van der Waals surface area contributed by atoms with E-state index >= 15 is 0 Å². The molecule has 1 saturated heterocycles. The number of benzene rings is 4. The lowest BCUT2D eigenvalue weighted by Gasteiger charge is -2.16. The van der Waals surface area contributed by atoms with Crippen molar-refractivity contribution in [3.8, 4) is 23.0 Å². The van der Waals surface area contributed by atoms with E-state index in [4.69, 9.17) is 18.9 Å². The fourth-order valence-electron chi connectivity index (χ4n) is 4.75. The number of anilines is 1. The first-order chi connectivity index (χ1) is 20.9. The summed E-state index contributed by atoms with van der Waals surface area (Å²) in [5.74, 6) is 1.17. The molecule has 0 atom stereocenters. The highest BCUT2D eigenvalue weighted by Crippen LogP contribution is 2.38. The molecule has 218 valence electrons. The second-order valence-corrected chi connectivity index (χ2v) is 11.7. The molecule has 2 heterocycles. The number of nitrogens with zero attached hydrogens (tertiary/aromatic N) is 1. The first-order valence-electron chi connectivity index (χ1n) is 13.4. The van der Waals surface area contributed by atoms with Crippen molar-refractivity contribution in [3.63, 3.8) is 0 Å². The van der Waals surface area contributed by atoms with Crippen LogP contribution in [0.4, 0.5) is 10.5 Å². The average molecular weight is 709 g/mol. The lowest BCUT2D eigenvalue weighted by molar-refractivity contribution is -0.127. The molecule has 0 bridgehead atoms. The van der Waals surface area contributed by atoms with Crippen molar-refractivity contribution in [1.82, 2.24) is 4.90 Å². The maximum Gasteiger partial charge on any atom is 0.294 e. The Labute approximate surface area is 265 Å². The number of thioether (sulfide) groups is 1. The molecule has 2 aliphatic heterocycles. The van der Waals surface area contributed by atoms with E-state index in [1.165, 1.54) is 0 Å². The summed E-state index contributed by atoms with van der Waals surface area (Å²) in [7, 11) is 0. The van der Waals surface area contributed by atoms with Crippen molar-refractivity contribution in [3.05, 3.63) is 92.4 Å². The van der Waals surface area contributed by atoms with Crippen molar-refractivity contribution in [2.24, 2.45) is 0 Å². The Morgan fingerprint density at radius 3 is 2.70 bits per heavy atom. The molecular weight excluding hydrogens is 683 g/mol. The van der Waals surface area contributed by atoms with Crippen molar-refractivity contribution >= 4 is 73.9 Å². The molecule has 3 amide bonds. The number of fused-ring (bicyclic) bond motifs is 2. The summed E-state index contributed by atoms with van der Waals surface area (Å²) in [6.45, 7) is 2.35. The third-order valence-electron chi connectivity index (χ3n) is 6.71. The molecule has 1 N–H and O–H groups in total. The summed E-state index contributed by atoms with van der Waals surface area (Å²) in [4.78, 5) is 39.6. The Balaban J connectivity index is 1.16. The van der Waals surface area contributed by atoms with Gasteiger partial charge in [0.15, 0.2) is 23.0 Å². The third kappa shape index (κ3) is 6.27. The van der Waals surface area contributed by atoms with Crippen molar-refractivity contribution in [2.45, 2.75) is 13.5 Å². The van der Waals surface area contributed by atoms with Crippen LogP contribution in [-0.2, 0) is 16.2 Å². The van der Waals surface area contributed by atoms with Crippen molar-refractivity contribution in [2.75, 3.05) is 25.3 Å². The maximum absolute atomic E-state index is 13.1. The van der Waals surface area contributed by atoms with E-state index in [-0.39, 0.29) is 11.7 Å². The van der Waals surface area contributed by atoms with Crippen LogP contribution in [0.2, 0.25) is 0 Å². The highest BCUT2D eigenvalue weighted by molar-refractivity contribution is 14.1. The number of imide groups is 1. The fourth-order valence-corrected chi connectivity index (χ4v) is 6.37. The van der Waals surface area contributed by atoms with Gasteiger partial charge in [-0.1, -0.05) is 42.5 Å². The first kappa shape index (κ1) is 28.9. The summed E-state index contributed by atoms with van der Waals surface area (Å²) in [5, 5.41) is 4.43.